The standard InChI is InChI=1S/C18H30N4O2/c1-17(2)14-22(11-12-24-17)18(8-5-4-6-9-18)13-19-16(23)15-7-10-20-21(15)3/h7,10H,4-6,8-9,11-14H2,1-3H3,(H,19,23). The maximum atomic E-state index is 12.5. The van der Waals surface area contributed by atoms with Gasteiger partial charge in [0.2, 0.25) is 0 Å². The lowest BCUT2D eigenvalue weighted by molar-refractivity contribution is -0.122. The minimum Gasteiger partial charge on any atom is -0.373 e. The van der Waals surface area contributed by atoms with E-state index in [0.29, 0.717) is 12.2 Å². The lowest BCUT2D eigenvalue weighted by Gasteiger charge is -2.51. The number of aromatic nitrogens is 2. The number of carbonyl (C=O) groups is 1. The fraction of sp³-hybridized carbons (Fsp3) is 0.778. The summed E-state index contributed by atoms with van der Waals surface area (Å²) in [5, 5.41) is 7.27. The largest absolute Gasteiger partial charge is 0.373 e. The average molecular weight is 334 g/mol. The Balaban J connectivity index is 1.72. The van der Waals surface area contributed by atoms with Gasteiger partial charge in [0.1, 0.15) is 5.69 Å². The van der Waals surface area contributed by atoms with Gasteiger partial charge in [-0.3, -0.25) is 14.4 Å². The second-order valence-electron chi connectivity index (χ2n) is 7.84. The summed E-state index contributed by atoms with van der Waals surface area (Å²) in [6.07, 6.45) is 7.73. The first-order valence-corrected chi connectivity index (χ1v) is 9.07. The van der Waals surface area contributed by atoms with Crippen LogP contribution in [0.25, 0.3) is 0 Å². The number of hydrogen-bond donors (Lipinski definition) is 1. The SMILES string of the molecule is Cn1nccc1C(=O)NCC1(N2CCOC(C)(C)C2)CCCCC1. The van der Waals surface area contributed by atoms with Gasteiger partial charge in [-0.1, -0.05) is 19.3 Å². The van der Waals surface area contributed by atoms with Crippen molar-refractivity contribution in [3.8, 4) is 0 Å². The predicted molar refractivity (Wildman–Crippen MR) is 93.0 cm³/mol. The normalized spacial score (nSPS) is 23.8. The van der Waals surface area contributed by atoms with Crippen LogP contribution in [0.15, 0.2) is 12.3 Å². The Kier molecular flexibility index (Phi) is 4.97. The molecule has 1 aliphatic carbocycles. The zero-order valence-electron chi connectivity index (χ0n) is 15.2. The molecule has 0 radical (unpaired) electrons. The van der Waals surface area contributed by atoms with Gasteiger partial charge in [-0.25, -0.2) is 0 Å². The molecule has 6 heteroatoms. The van der Waals surface area contributed by atoms with Gasteiger partial charge >= 0.3 is 0 Å². The average Bonchev–Trinajstić information content (AvgIpc) is 2.99. The van der Waals surface area contributed by atoms with E-state index >= 15 is 0 Å². The van der Waals surface area contributed by atoms with Crippen molar-refractivity contribution >= 4 is 5.91 Å². The third-order valence-corrected chi connectivity index (χ3v) is 5.51. The maximum Gasteiger partial charge on any atom is 0.269 e. The van der Waals surface area contributed by atoms with Crippen LogP contribution in [-0.4, -0.2) is 58.0 Å². The molecule has 1 N–H and O–H groups in total. The highest BCUT2D eigenvalue weighted by atomic mass is 16.5. The van der Waals surface area contributed by atoms with E-state index in [4.69, 9.17) is 4.74 Å². The maximum absolute atomic E-state index is 12.5. The molecule has 1 amide bonds. The van der Waals surface area contributed by atoms with E-state index in [-0.39, 0.29) is 17.0 Å². The molecule has 1 saturated carbocycles. The van der Waals surface area contributed by atoms with Crippen molar-refractivity contribution in [2.45, 2.75) is 57.1 Å². The number of aryl methyl sites for hydroxylation is 1. The van der Waals surface area contributed by atoms with Crippen LogP contribution in [0.1, 0.15) is 56.4 Å². The van der Waals surface area contributed by atoms with E-state index in [1.54, 1.807) is 24.0 Å². The zero-order valence-corrected chi connectivity index (χ0v) is 15.2. The first kappa shape index (κ1) is 17.4. The number of nitrogens with one attached hydrogen (secondary N) is 1. The molecule has 0 spiro atoms. The Morgan fingerprint density at radius 3 is 2.71 bits per heavy atom. The van der Waals surface area contributed by atoms with Crippen LogP contribution in [0.2, 0.25) is 0 Å². The molecule has 0 bridgehead atoms. The summed E-state index contributed by atoms with van der Waals surface area (Å²) in [4.78, 5) is 15.1. The fourth-order valence-electron chi connectivity index (χ4n) is 4.17. The predicted octanol–water partition coefficient (Wildman–Crippen LogP) is 1.96. The van der Waals surface area contributed by atoms with Crippen LogP contribution >= 0.6 is 0 Å². The summed E-state index contributed by atoms with van der Waals surface area (Å²) in [7, 11) is 1.80. The highest BCUT2D eigenvalue weighted by molar-refractivity contribution is 5.92. The second kappa shape index (κ2) is 6.84. The van der Waals surface area contributed by atoms with Crippen molar-refractivity contribution in [2.24, 2.45) is 7.05 Å². The molecule has 2 heterocycles. The molecule has 3 rings (SSSR count). The number of hydrogen-bond acceptors (Lipinski definition) is 4. The van der Waals surface area contributed by atoms with Crippen molar-refractivity contribution in [3.63, 3.8) is 0 Å². The Labute approximate surface area is 144 Å². The molecular weight excluding hydrogens is 304 g/mol. The van der Waals surface area contributed by atoms with Gasteiger partial charge < -0.3 is 10.1 Å². The molecule has 1 aromatic rings. The highest BCUT2D eigenvalue weighted by Gasteiger charge is 2.42. The highest BCUT2D eigenvalue weighted by Crippen LogP contribution is 2.36. The third-order valence-electron chi connectivity index (χ3n) is 5.51. The van der Waals surface area contributed by atoms with E-state index in [1.807, 2.05) is 0 Å². The molecule has 134 valence electrons. The first-order valence-electron chi connectivity index (χ1n) is 9.07. The Bertz CT molecular complexity index is 575. The van der Waals surface area contributed by atoms with E-state index in [2.05, 4.69) is 29.2 Å². The molecule has 0 atom stereocenters. The van der Waals surface area contributed by atoms with Crippen LogP contribution in [0.4, 0.5) is 0 Å². The number of rotatable bonds is 4. The number of carbonyl (C=O) groups excluding carboxylic acids is 1. The molecule has 6 nitrogen and oxygen atoms in total. The lowest BCUT2D eigenvalue weighted by Crippen LogP contribution is -2.63. The van der Waals surface area contributed by atoms with Crippen LogP contribution in [-0.2, 0) is 11.8 Å². The molecule has 1 aromatic heterocycles. The zero-order chi connectivity index (χ0) is 17.2. The summed E-state index contributed by atoms with van der Waals surface area (Å²) < 4.78 is 7.52. The van der Waals surface area contributed by atoms with E-state index in [0.717, 1.165) is 32.5 Å². The van der Waals surface area contributed by atoms with Crippen LogP contribution in [0.5, 0.6) is 0 Å². The summed E-state index contributed by atoms with van der Waals surface area (Å²) >= 11 is 0. The van der Waals surface area contributed by atoms with Gasteiger partial charge in [0.25, 0.3) is 5.91 Å². The van der Waals surface area contributed by atoms with Crippen LogP contribution in [0, 0.1) is 0 Å². The Morgan fingerprint density at radius 2 is 2.08 bits per heavy atom. The van der Waals surface area contributed by atoms with Crippen LogP contribution in [0.3, 0.4) is 0 Å². The number of amides is 1. The molecule has 0 unspecified atom stereocenters. The van der Waals surface area contributed by atoms with Gasteiger partial charge in [0.15, 0.2) is 0 Å². The molecule has 2 aliphatic rings. The van der Waals surface area contributed by atoms with Crippen molar-refractivity contribution in [2.75, 3.05) is 26.2 Å². The first-order chi connectivity index (χ1) is 11.4. The van der Waals surface area contributed by atoms with E-state index in [1.165, 1.54) is 19.3 Å². The summed E-state index contributed by atoms with van der Waals surface area (Å²) in [5.74, 6) is -0.0348. The number of morpholine rings is 1. The molecule has 1 aliphatic heterocycles. The molecular formula is C18H30N4O2. The Morgan fingerprint density at radius 1 is 1.33 bits per heavy atom. The molecule has 0 aromatic carbocycles. The van der Waals surface area contributed by atoms with Crippen molar-refractivity contribution in [1.29, 1.82) is 0 Å². The fourth-order valence-corrected chi connectivity index (χ4v) is 4.17. The van der Waals surface area contributed by atoms with Gasteiger partial charge in [0, 0.05) is 38.4 Å². The van der Waals surface area contributed by atoms with E-state index < -0.39 is 0 Å². The van der Waals surface area contributed by atoms with Crippen molar-refractivity contribution < 1.29 is 9.53 Å². The van der Waals surface area contributed by atoms with Crippen molar-refractivity contribution in [1.82, 2.24) is 20.0 Å². The second-order valence-corrected chi connectivity index (χ2v) is 7.84. The van der Waals surface area contributed by atoms with Gasteiger partial charge in [-0.15, -0.1) is 0 Å². The molecule has 24 heavy (non-hydrogen) atoms. The van der Waals surface area contributed by atoms with Gasteiger partial charge in [-0.05, 0) is 32.8 Å². The quantitative estimate of drug-likeness (QED) is 0.914. The minimum absolute atomic E-state index is 0.0348. The summed E-state index contributed by atoms with van der Waals surface area (Å²) in [5.41, 5.74) is 0.561. The van der Waals surface area contributed by atoms with Gasteiger partial charge in [-0.2, -0.15) is 5.10 Å². The van der Waals surface area contributed by atoms with Gasteiger partial charge in [0.05, 0.1) is 12.2 Å². The summed E-state index contributed by atoms with van der Waals surface area (Å²) in [6.45, 7) is 7.66. The summed E-state index contributed by atoms with van der Waals surface area (Å²) in [6, 6.07) is 1.76. The smallest absolute Gasteiger partial charge is 0.269 e. The lowest BCUT2D eigenvalue weighted by atomic mass is 9.79. The minimum atomic E-state index is -0.116. The third kappa shape index (κ3) is 3.64. The monoisotopic (exact) mass is 334 g/mol. The number of ether oxygens (including phenoxy) is 1. The number of nitrogens with zero attached hydrogens (tertiary/aromatic N) is 3. The molecule has 2 fully saturated rings. The van der Waals surface area contributed by atoms with Crippen molar-refractivity contribution in [3.05, 3.63) is 18.0 Å². The van der Waals surface area contributed by atoms with Crippen LogP contribution < -0.4 is 5.32 Å². The topological polar surface area (TPSA) is 59.4 Å². The molecule has 1 saturated heterocycles. The Hall–Kier alpha value is -1.40. The van der Waals surface area contributed by atoms with E-state index in [9.17, 15) is 4.79 Å².